The van der Waals surface area contributed by atoms with Crippen LogP contribution in [0.2, 0.25) is 0 Å². The summed E-state index contributed by atoms with van der Waals surface area (Å²) in [5.74, 6) is 0.233. The lowest BCUT2D eigenvalue weighted by Crippen LogP contribution is -2.37. The smallest absolute Gasteiger partial charge is 0.123 e. The van der Waals surface area contributed by atoms with Crippen LogP contribution in [-0.2, 0) is 4.74 Å². The number of methoxy groups -OCH3 is 2. The van der Waals surface area contributed by atoms with Gasteiger partial charge in [0.25, 0.3) is 0 Å². The minimum Gasteiger partial charge on any atom is -0.496 e. The van der Waals surface area contributed by atoms with Gasteiger partial charge in [-0.1, -0.05) is 0 Å². The third kappa shape index (κ3) is 2.51. The van der Waals surface area contributed by atoms with Crippen molar-refractivity contribution in [1.82, 2.24) is 0 Å². The molecule has 0 radical (unpaired) electrons. The van der Waals surface area contributed by atoms with Crippen LogP contribution in [0.15, 0.2) is 18.2 Å². The van der Waals surface area contributed by atoms with E-state index in [-0.39, 0.29) is 5.82 Å². The largest absolute Gasteiger partial charge is 0.496 e. The summed E-state index contributed by atoms with van der Waals surface area (Å²) in [7, 11) is 3.11. The van der Waals surface area contributed by atoms with Crippen LogP contribution in [0.1, 0.15) is 25.5 Å². The Morgan fingerprint density at radius 3 is 2.44 bits per heavy atom. The molecule has 0 amide bonds. The summed E-state index contributed by atoms with van der Waals surface area (Å²) in [4.78, 5) is 0. The van der Waals surface area contributed by atoms with Gasteiger partial charge in [0.05, 0.1) is 18.8 Å². The Morgan fingerprint density at radius 1 is 1.31 bits per heavy atom. The van der Waals surface area contributed by atoms with Gasteiger partial charge in [-0.15, -0.1) is 0 Å². The van der Waals surface area contributed by atoms with Crippen molar-refractivity contribution in [3.63, 3.8) is 0 Å². The van der Waals surface area contributed by atoms with Crippen molar-refractivity contribution < 1.29 is 13.9 Å². The van der Waals surface area contributed by atoms with Crippen molar-refractivity contribution in [2.24, 2.45) is 5.73 Å². The summed E-state index contributed by atoms with van der Waals surface area (Å²) in [6.45, 7) is 3.70. The second-order valence-corrected chi connectivity index (χ2v) is 4.17. The average molecular weight is 227 g/mol. The minimum atomic E-state index is -0.582. The van der Waals surface area contributed by atoms with E-state index in [2.05, 4.69) is 0 Å². The molecule has 0 heterocycles. The van der Waals surface area contributed by atoms with Gasteiger partial charge in [0.1, 0.15) is 11.6 Å². The van der Waals surface area contributed by atoms with Gasteiger partial charge < -0.3 is 15.2 Å². The zero-order valence-corrected chi connectivity index (χ0v) is 10.1. The molecule has 1 aromatic rings. The van der Waals surface area contributed by atoms with Crippen molar-refractivity contribution in [3.05, 3.63) is 29.6 Å². The lowest BCUT2D eigenvalue weighted by Gasteiger charge is -2.31. The highest BCUT2D eigenvalue weighted by molar-refractivity contribution is 5.37. The van der Waals surface area contributed by atoms with E-state index >= 15 is 0 Å². The number of hydrogen-bond acceptors (Lipinski definition) is 3. The maximum Gasteiger partial charge on any atom is 0.123 e. The summed E-state index contributed by atoms with van der Waals surface area (Å²) >= 11 is 0. The first-order chi connectivity index (χ1) is 7.42. The van der Waals surface area contributed by atoms with Crippen LogP contribution in [0.4, 0.5) is 4.39 Å². The molecular weight excluding hydrogens is 209 g/mol. The lowest BCUT2D eigenvalue weighted by molar-refractivity contribution is -0.000639. The van der Waals surface area contributed by atoms with E-state index in [1.54, 1.807) is 13.2 Å². The van der Waals surface area contributed by atoms with Crippen molar-refractivity contribution in [2.45, 2.75) is 25.5 Å². The summed E-state index contributed by atoms with van der Waals surface area (Å²) < 4.78 is 23.6. The number of hydrogen-bond donors (Lipinski definition) is 1. The third-order valence-corrected chi connectivity index (χ3v) is 2.80. The van der Waals surface area contributed by atoms with Crippen molar-refractivity contribution in [3.8, 4) is 5.75 Å². The Kier molecular flexibility index (Phi) is 3.88. The van der Waals surface area contributed by atoms with Crippen LogP contribution in [-0.4, -0.2) is 19.8 Å². The maximum atomic E-state index is 13.2. The van der Waals surface area contributed by atoms with Crippen LogP contribution < -0.4 is 10.5 Å². The molecule has 2 N–H and O–H groups in total. The molecule has 0 saturated heterocycles. The number of rotatable bonds is 4. The molecule has 1 rings (SSSR count). The Labute approximate surface area is 95.4 Å². The zero-order chi connectivity index (χ0) is 12.3. The highest BCUT2D eigenvalue weighted by atomic mass is 19.1. The predicted molar refractivity (Wildman–Crippen MR) is 61.0 cm³/mol. The van der Waals surface area contributed by atoms with Crippen LogP contribution in [0, 0.1) is 5.82 Å². The van der Waals surface area contributed by atoms with Gasteiger partial charge in [-0.2, -0.15) is 0 Å². The van der Waals surface area contributed by atoms with E-state index in [0.29, 0.717) is 11.3 Å². The van der Waals surface area contributed by atoms with Gasteiger partial charge in [-0.3, -0.25) is 0 Å². The second-order valence-electron chi connectivity index (χ2n) is 4.17. The third-order valence-electron chi connectivity index (χ3n) is 2.80. The summed E-state index contributed by atoms with van der Waals surface area (Å²) in [6.07, 6.45) is 0. The van der Waals surface area contributed by atoms with Gasteiger partial charge in [0.2, 0.25) is 0 Å². The Bertz CT molecular complexity index is 366. The monoisotopic (exact) mass is 227 g/mol. The average Bonchev–Trinajstić information content (AvgIpc) is 2.28. The topological polar surface area (TPSA) is 44.5 Å². The Balaban J connectivity index is 3.16. The maximum absolute atomic E-state index is 13.2. The van der Waals surface area contributed by atoms with Gasteiger partial charge in [-0.05, 0) is 32.0 Å². The van der Waals surface area contributed by atoms with E-state index < -0.39 is 11.6 Å². The molecule has 3 nitrogen and oxygen atoms in total. The number of nitrogens with two attached hydrogens (primary N) is 1. The van der Waals surface area contributed by atoms with Crippen LogP contribution in [0.3, 0.4) is 0 Å². The fraction of sp³-hybridized carbons (Fsp3) is 0.500. The van der Waals surface area contributed by atoms with E-state index in [1.807, 2.05) is 13.8 Å². The van der Waals surface area contributed by atoms with Crippen LogP contribution >= 0.6 is 0 Å². The second kappa shape index (κ2) is 4.80. The van der Waals surface area contributed by atoms with Crippen molar-refractivity contribution in [1.29, 1.82) is 0 Å². The standard InChI is InChI=1S/C12H18FNO2/c1-12(2,16-4)11(14)9-7-8(13)5-6-10(9)15-3/h5-7,11H,14H2,1-4H3. The van der Waals surface area contributed by atoms with Gasteiger partial charge in [0, 0.05) is 12.7 Å². The Hall–Kier alpha value is -1.13. The normalized spacial score (nSPS) is 13.6. The fourth-order valence-electron chi connectivity index (χ4n) is 1.45. The fourth-order valence-corrected chi connectivity index (χ4v) is 1.45. The molecular formula is C12H18FNO2. The quantitative estimate of drug-likeness (QED) is 0.858. The van der Waals surface area contributed by atoms with Gasteiger partial charge in [-0.25, -0.2) is 4.39 Å². The van der Waals surface area contributed by atoms with Gasteiger partial charge >= 0.3 is 0 Å². The number of ether oxygens (including phenoxy) is 2. The van der Waals surface area contributed by atoms with E-state index in [4.69, 9.17) is 15.2 Å². The zero-order valence-electron chi connectivity index (χ0n) is 10.1. The van der Waals surface area contributed by atoms with Crippen molar-refractivity contribution >= 4 is 0 Å². The summed E-state index contributed by atoms with van der Waals surface area (Å²) in [5, 5.41) is 0. The molecule has 16 heavy (non-hydrogen) atoms. The number of halogens is 1. The number of benzene rings is 1. The van der Waals surface area contributed by atoms with E-state index in [0.717, 1.165) is 0 Å². The molecule has 0 aliphatic carbocycles. The molecule has 4 heteroatoms. The molecule has 0 bridgehead atoms. The highest BCUT2D eigenvalue weighted by Crippen LogP contribution is 2.32. The first-order valence-electron chi connectivity index (χ1n) is 5.06. The first kappa shape index (κ1) is 12.9. The molecule has 0 fully saturated rings. The van der Waals surface area contributed by atoms with Crippen LogP contribution in [0.25, 0.3) is 0 Å². The molecule has 0 aromatic heterocycles. The van der Waals surface area contributed by atoms with Crippen molar-refractivity contribution in [2.75, 3.05) is 14.2 Å². The minimum absolute atomic E-state index is 0.335. The summed E-state index contributed by atoms with van der Waals surface area (Å²) in [6, 6.07) is 3.83. The molecule has 0 aliphatic rings. The predicted octanol–water partition coefficient (Wildman–Crippen LogP) is 2.26. The summed E-state index contributed by atoms with van der Waals surface area (Å²) in [5.41, 5.74) is 6.08. The Morgan fingerprint density at radius 2 is 1.94 bits per heavy atom. The molecule has 1 aromatic carbocycles. The molecule has 0 spiro atoms. The molecule has 0 saturated carbocycles. The van der Waals surface area contributed by atoms with Crippen LogP contribution in [0.5, 0.6) is 5.75 Å². The molecule has 1 atom stereocenters. The molecule has 1 unspecified atom stereocenters. The lowest BCUT2D eigenvalue weighted by atomic mass is 9.92. The first-order valence-corrected chi connectivity index (χ1v) is 5.06. The SMILES string of the molecule is COc1ccc(F)cc1C(N)C(C)(C)OC. The molecule has 0 aliphatic heterocycles. The molecule has 90 valence electrons. The van der Waals surface area contributed by atoms with E-state index in [1.165, 1.54) is 19.2 Å². The highest BCUT2D eigenvalue weighted by Gasteiger charge is 2.29. The van der Waals surface area contributed by atoms with Gasteiger partial charge in [0.15, 0.2) is 0 Å². The van der Waals surface area contributed by atoms with E-state index in [9.17, 15) is 4.39 Å².